The average Bonchev–Trinajstić information content (AvgIpc) is 2.79. The second-order valence-corrected chi connectivity index (χ2v) is 7.50. The molecule has 162 valence electrons. The quantitative estimate of drug-likeness (QED) is 0.746. The molecule has 1 atom stereocenters. The number of carboxylic acid groups (broad SMARTS) is 1. The number of rotatable bonds is 5. The topological polar surface area (TPSA) is 113 Å². The van der Waals surface area contributed by atoms with E-state index in [1.165, 1.54) is 7.11 Å². The zero-order chi connectivity index (χ0) is 22.0. The number of carboxylic acids is 1. The molecule has 1 aromatic carbocycles. The molecule has 0 spiro atoms. The maximum atomic E-state index is 12.6. The average molecular weight is 424 g/mol. The lowest BCUT2D eigenvalue weighted by molar-refractivity contribution is -0.118. The minimum atomic E-state index is -0.939. The summed E-state index contributed by atoms with van der Waals surface area (Å²) in [4.78, 5) is 34.4. The standard InChI is InChI=1S/C22H24N4O5/c1-30-18-11-16-17(12-19(18)31-2)24-22(25-20(16)27)26-9-7-15(8-10-26)23-14-5-3-13(4-6-14)21(28)29/h3-6,11-12,15-16,23H,7-10H2,1-2H3,(H,28,29). The molecular weight excluding hydrogens is 400 g/mol. The Balaban J connectivity index is 1.39. The first-order valence-electron chi connectivity index (χ1n) is 10.1. The Hall–Kier alpha value is -3.62. The van der Waals surface area contributed by atoms with Crippen molar-refractivity contribution in [3.05, 3.63) is 53.5 Å². The molecule has 1 amide bonds. The highest BCUT2D eigenvalue weighted by Crippen LogP contribution is 2.27. The third-order valence-electron chi connectivity index (χ3n) is 5.58. The monoisotopic (exact) mass is 424 g/mol. The number of hydrogen-bond donors (Lipinski definition) is 2. The summed E-state index contributed by atoms with van der Waals surface area (Å²) in [5, 5.41) is 12.4. The number of amides is 1. The van der Waals surface area contributed by atoms with Crippen LogP contribution in [0.1, 0.15) is 23.2 Å². The number of guanidine groups is 1. The lowest BCUT2D eigenvalue weighted by atomic mass is 9.95. The van der Waals surface area contributed by atoms with Crippen LogP contribution in [-0.2, 0) is 14.3 Å². The van der Waals surface area contributed by atoms with Crippen LogP contribution in [0.5, 0.6) is 0 Å². The zero-order valence-electron chi connectivity index (χ0n) is 17.4. The van der Waals surface area contributed by atoms with Gasteiger partial charge in [0.25, 0.3) is 5.91 Å². The van der Waals surface area contributed by atoms with Crippen LogP contribution >= 0.6 is 0 Å². The summed E-state index contributed by atoms with van der Waals surface area (Å²) in [6.45, 7) is 1.41. The first-order chi connectivity index (χ1) is 15.0. The minimum Gasteiger partial charge on any atom is -0.493 e. The van der Waals surface area contributed by atoms with Gasteiger partial charge in [-0.25, -0.2) is 9.79 Å². The Morgan fingerprint density at radius 1 is 1.10 bits per heavy atom. The summed E-state index contributed by atoms with van der Waals surface area (Å²) in [5.74, 6) is -0.289. The van der Waals surface area contributed by atoms with Crippen LogP contribution in [0.25, 0.3) is 0 Å². The van der Waals surface area contributed by atoms with Gasteiger partial charge in [0.15, 0.2) is 11.5 Å². The Bertz CT molecular complexity index is 1000. The number of piperidine rings is 1. The van der Waals surface area contributed by atoms with Crippen molar-refractivity contribution in [2.24, 2.45) is 15.9 Å². The smallest absolute Gasteiger partial charge is 0.335 e. The van der Waals surface area contributed by atoms with Crippen molar-refractivity contribution < 1.29 is 24.2 Å². The Labute approximate surface area is 179 Å². The van der Waals surface area contributed by atoms with E-state index in [-0.39, 0.29) is 17.5 Å². The summed E-state index contributed by atoms with van der Waals surface area (Å²) in [5.41, 5.74) is 1.75. The highest BCUT2D eigenvalue weighted by Gasteiger charge is 2.33. The molecule has 1 aliphatic carbocycles. The highest BCUT2D eigenvalue weighted by atomic mass is 16.5. The maximum Gasteiger partial charge on any atom is 0.335 e. The molecule has 9 nitrogen and oxygen atoms in total. The number of nitrogens with one attached hydrogen (secondary N) is 1. The van der Waals surface area contributed by atoms with Crippen molar-refractivity contribution in [2.75, 3.05) is 32.6 Å². The number of ether oxygens (including phenoxy) is 2. The van der Waals surface area contributed by atoms with Crippen molar-refractivity contribution in [3.8, 4) is 0 Å². The number of aromatic carboxylic acids is 1. The van der Waals surface area contributed by atoms with Crippen LogP contribution in [-0.4, -0.2) is 66.9 Å². The SMILES string of the molecule is COC1=CC2=NC(N3CCC(Nc4ccc(C(=O)O)cc4)CC3)=NC(=O)C2C=C1OC. The van der Waals surface area contributed by atoms with Crippen LogP contribution in [0.4, 0.5) is 5.69 Å². The van der Waals surface area contributed by atoms with Gasteiger partial charge in [-0.2, -0.15) is 4.99 Å². The fraction of sp³-hybridized carbons (Fsp3) is 0.364. The number of carbonyl (C=O) groups excluding carboxylic acids is 1. The van der Waals surface area contributed by atoms with E-state index in [1.54, 1.807) is 43.5 Å². The molecular formula is C22H24N4O5. The van der Waals surface area contributed by atoms with Crippen LogP contribution in [0, 0.1) is 5.92 Å². The van der Waals surface area contributed by atoms with E-state index >= 15 is 0 Å². The van der Waals surface area contributed by atoms with E-state index in [0.717, 1.165) is 18.5 Å². The number of hydrogen-bond acceptors (Lipinski definition) is 7. The largest absolute Gasteiger partial charge is 0.493 e. The summed E-state index contributed by atoms with van der Waals surface area (Å²) in [7, 11) is 3.08. The number of allylic oxidation sites excluding steroid dienone is 1. The van der Waals surface area contributed by atoms with Crippen LogP contribution in [0.2, 0.25) is 0 Å². The van der Waals surface area contributed by atoms with E-state index in [0.29, 0.717) is 36.3 Å². The molecule has 2 aliphatic heterocycles. The van der Waals surface area contributed by atoms with E-state index in [2.05, 4.69) is 15.3 Å². The predicted octanol–water partition coefficient (Wildman–Crippen LogP) is 2.29. The van der Waals surface area contributed by atoms with E-state index in [9.17, 15) is 9.59 Å². The number of nitrogens with zero attached hydrogens (tertiary/aromatic N) is 3. The Morgan fingerprint density at radius 2 is 1.77 bits per heavy atom. The van der Waals surface area contributed by atoms with Gasteiger partial charge in [-0.1, -0.05) is 0 Å². The number of likely N-dealkylation sites (tertiary alicyclic amines) is 1. The van der Waals surface area contributed by atoms with Gasteiger partial charge in [0.1, 0.15) is 5.92 Å². The predicted molar refractivity (Wildman–Crippen MR) is 115 cm³/mol. The molecule has 2 heterocycles. The lowest BCUT2D eigenvalue weighted by Crippen LogP contribution is -2.44. The second-order valence-electron chi connectivity index (χ2n) is 7.50. The molecule has 0 aromatic heterocycles. The third kappa shape index (κ3) is 4.30. The van der Waals surface area contributed by atoms with Gasteiger partial charge < -0.3 is 24.8 Å². The first-order valence-corrected chi connectivity index (χ1v) is 10.1. The summed E-state index contributed by atoms with van der Waals surface area (Å²) >= 11 is 0. The van der Waals surface area contributed by atoms with Crippen LogP contribution in [0.3, 0.4) is 0 Å². The zero-order valence-corrected chi connectivity index (χ0v) is 17.4. The molecule has 0 bridgehead atoms. The van der Waals surface area contributed by atoms with Crippen LogP contribution < -0.4 is 5.32 Å². The number of fused-ring (bicyclic) bond motifs is 1. The van der Waals surface area contributed by atoms with Gasteiger partial charge in [-0.15, -0.1) is 0 Å². The van der Waals surface area contributed by atoms with Gasteiger partial charge in [0, 0.05) is 30.9 Å². The van der Waals surface area contributed by atoms with Gasteiger partial charge in [-0.3, -0.25) is 4.79 Å². The van der Waals surface area contributed by atoms with Crippen molar-refractivity contribution in [2.45, 2.75) is 18.9 Å². The van der Waals surface area contributed by atoms with Crippen LogP contribution in [0.15, 0.2) is 57.9 Å². The van der Waals surface area contributed by atoms with E-state index in [4.69, 9.17) is 14.6 Å². The van der Waals surface area contributed by atoms with Crippen molar-refractivity contribution in [1.82, 2.24) is 4.90 Å². The maximum absolute atomic E-state index is 12.6. The first kappa shape index (κ1) is 20.6. The molecule has 2 N–H and O–H groups in total. The fourth-order valence-corrected chi connectivity index (χ4v) is 3.86. The molecule has 1 fully saturated rings. The fourth-order valence-electron chi connectivity index (χ4n) is 3.86. The molecule has 0 saturated carbocycles. The normalized spacial score (nSPS) is 21.3. The van der Waals surface area contributed by atoms with Crippen molar-refractivity contribution in [3.63, 3.8) is 0 Å². The molecule has 9 heteroatoms. The van der Waals surface area contributed by atoms with Gasteiger partial charge in [0.2, 0.25) is 5.96 Å². The Kier molecular flexibility index (Phi) is 5.75. The van der Waals surface area contributed by atoms with Crippen molar-refractivity contribution in [1.29, 1.82) is 0 Å². The lowest BCUT2D eigenvalue weighted by Gasteiger charge is -2.34. The number of carbonyl (C=O) groups is 2. The molecule has 0 radical (unpaired) electrons. The van der Waals surface area contributed by atoms with Gasteiger partial charge in [-0.05, 0) is 43.2 Å². The molecule has 31 heavy (non-hydrogen) atoms. The molecule has 3 aliphatic rings. The van der Waals surface area contributed by atoms with E-state index < -0.39 is 11.9 Å². The number of anilines is 1. The number of aliphatic imine (C=N–C) groups is 2. The molecule has 1 saturated heterocycles. The van der Waals surface area contributed by atoms with Crippen molar-refractivity contribution >= 4 is 29.2 Å². The molecule has 1 unspecified atom stereocenters. The summed E-state index contributed by atoms with van der Waals surface area (Å²) in [6.07, 6.45) is 5.10. The van der Waals surface area contributed by atoms with Gasteiger partial charge >= 0.3 is 5.97 Å². The second kappa shape index (κ2) is 8.63. The summed E-state index contributed by atoms with van der Waals surface area (Å²) in [6, 6.07) is 6.97. The van der Waals surface area contributed by atoms with Gasteiger partial charge in [0.05, 0.1) is 25.5 Å². The number of benzene rings is 1. The summed E-state index contributed by atoms with van der Waals surface area (Å²) < 4.78 is 10.6. The Morgan fingerprint density at radius 3 is 2.39 bits per heavy atom. The highest BCUT2D eigenvalue weighted by molar-refractivity contribution is 6.21. The number of methoxy groups -OCH3 is 2. The molecule has 4 rings (SSSR count). The minimum absolute atomic E-state index is 0.245. The third-order valence-corrected chi connectivity index (χ3v) is 5.58. The van der Waals surface area contributed by atoms with E-state index in [1.807, 2.05) is 4.90 Å². The molecule has 1 aromatic rings.